The maximum atomic E-state index is 5.95. The second kappa shape index (κ2) is 7.72. The summed E-state index contributed by atoms with van der Waals surface area (Å²) in [7, 11) is 0. The van der Waals surface area contributed by atoms with Gasteiger partial charge >= 0.3 is 0 Å². The van der Waals surface area contributed by atoms with E-state index in [0.717, 1.165) is 24.0 Å². The molecule has 0 atom stereocenters. The molecule has 0 bridgehead atoms. The van der Waals surface area contributed by atoms with Crippen molar-refractivity contribution in [3.8, 4) is 0 Å². The zero-order chi connectivity index (χ0) is 13.5. The molecule has 0 radical (unpaired) electrons. The molecule has 0 amide bonds. The van der Waals surface area contributed by atoms with Crippen LogP contribution in [0.1, 0.15) is 44.6 Å². The maximum Gasteiger partial charge on any atom is 0.0406 e. The van der Waals surface area contributed by atoms with Gasteiger partial charge in [-0.15, -0.1) is 0 Å². The van der Waals surface area contributed by atoms with Gasteiger partial charge in [-0.3, -0.25) is 0 Å². The van der Waals surface area contributed by atoms with Gasteiger partial charge in [-0.05, 0) is 43.0 Å². The number of likely N-dealkylation sites (N-methyl/N-ethyl adjacent to an activating group) is 1. The van der Waals surface area contributed by atoms with Crippen LogP contribution in [-0.2, 0) is 0 Å². The summed E-state index contributed by atoms with van der Waals surface area (Å²) in [5.74, 6) is 0.767. The summed E-state index contributed by atoms with van der Waals surface area (Å²) < 4.78 is 0. The summed E-state index contributed by atoms with van der Waals surface area (Å²) >= 11 is 5.95. The monoisotopic (exact) mass is 277 g/mol. The SMILES string of the molecule is CCNCC(=Cc1ccc(Cl)cc1)C1CCCCC1. The quantitative estimate of drug-likeness (QED) is 0.806. The average molecular weight is 278 g/mol. The van der Waals surface area contributed by atoms with Gasteiger partial charge in [0.2, 0.25) is 0 Å². The van der Waals surface area contributed by atoms with Crippen LogP contribution in [-0.4, -0.2) is 13.1 Å². The van der Waals surface area contributed by atoms with Crippen molar-refractivity contribution in [1.82, 2.24) is 5.32 Å². The van der Waals surface area contributed by atoms with Gasteiger partial charge in [-0.2, -0.15) is 0 Å². The Kier molecular flexibility index (Phi) is 5.93. The van der Waals surface area contributed by atoms with Crippen molar-refractivity contribution in [3.63, 3.8) is 0 Å². The first kappa shape index (κ1) is 14.6. The molecule has 1 nitrogen and oxygen atoms in total. The van der Waals surface area contributed by atoms with Crippen LogP contribution in [0.5, 0.6) is 0 Å². The number of benzene rings is 1. The highest BCUT2D eigenvalue weighted by Gasteiger charge is 2.17. The predicted octanol–water partition coefficient (Wildman–Crippen LogP) is 4.91. The van der Waals surface area contributed by atoms with Gasteiger partial charge in [0.1, 0.15) is 0 Å². The molecule has 104 valence electrons. The Bertz CT molecular complexity index is 402. The Labute approximate surface area is 122 Å². The first-order valence-corrected chi connectivity index (χ1v) is 7.84. The van der Waals surface area contributed by atoms with Crippen molar-refractivity contribution in [2.45, 2.75) is 39.0 Å². The lowest BCUT2D eigenvalue weighted by Gasteiger charge is -2.25. The zero-order valence-corrected chi connectivity index (χ0v) is 12.5. The van der Waals surface area contributed by atoms with Gasteiger partial charge in [0, 0.05) is 11.6 Å². The van der Waals surface area contributed by atoms with Gasteiger partial charge < -0.3 is 5.32 Å². The summed E-state index contributed by atoms with van der Waals surface area (Å²) in [5.41, 5.74) is 2.83. The third kappa shape index (κ3) is 4.67. The topological polar surface area (TPSA) is 12.0 Å². The van der Waals surface area contributed by atoms with Crippen LogP contribution in [0.3, 0.4) is 0 Å². The van der Waals surface area contributed by atoms with Gasteiger partial charge in [-0.1, -0.05) is 61.6 Å². The molecule has 1 aromatic carbocycles. The molecule has 1 fully saturated rings. The van der Waals surface area contributed by atoms with Crippen LogP contribution < -0.4 is 5.32 Å². The van der Waals surface area contributed by atoms with Crippen LogP contribution in [0.15, 0.2) is 29.8 Å². The fraction of sp³-hybridized carbons (Fsp3) is 0.529. The van der Waals surface area contributed by atoms with Crippen LogP contribution in [0, 0.1) is 5.92 Å². The average Bonchev–Trinajstić information content (AvgIpc) is 2.46. The third-order valence-electron chi connectivity index (χ3n) is 3.93. The molecule has 2 heteroatoms. The van der Waals surface area contributed by atoms with E-state index in [1.165, 1.54) is 37.7 Å². The van der Waals surface area contributed by atoms with Gasteiger partial charge in [0.25, 0.3) is 0 Å². The fourth-order valence-electron chi connectivity index (χ4n) is 2.83. The Balaban J connectivity index is 2.12. The minimum atomic E-state index is 0.767. The highest BCUT2D eigenvalue weighted by Crippen LogP contribution is 2.30. The number of nitrogens with one attached hydrogen (secondary N) is 1. The summed E-state index contributed by atoms with van der Waals surface area (Å²) in [6.45, 7) is 4.22. The van der Waals surface area contributed by atoms with E-state index in [-0.39, 0.29) is 0 Å². The molecule has 0 heterocycles. The third-order valence-corrected chi connectivity index (χ3v) is 4.18. The van der Waals surface area contributed by atoms with Crippen molar-refractivity contribution in [2.24, 2.45) is 5.92 Å². The molecule has 1 N–H and O–H groups in total. The van der Waals surface area contributed by atoms with Crippen LogP contribution in [0.4, 0.5) is 0 Å². The van der Waals surface area contributed by atoms with Crippen molar-refractivity contribution >= 4 is 17.7 Å². The standard InChI is InChI=1S/C17H24ClN/c1-2-19-13-16(15-6-4-3-5-7-15)12-14-8-10-17(18)11-9-14/h8-12,15,19H,2-7,13H2,1H3. The van der Waals surface area contributed by atoms with E-state index in [1.807, 2.05) is 12.1 Å². The van der Waals surface area contributed by atoms with Crippen molar-refractivity contribution in [3.05, 3.63) is 40.4 Å². The summed E-state index contributed by atoms with van der Waals surface area (Å²) in [6, 6.07) is 8.16. The van der Waals surface area contributed by atoms with Crippen molar-refractivity contribution < 1.29 is 0 Å². The molecule has 19 heavy (non-hydrogen) atoms. The van der Waals surface area contributed by atoms with E-state index in [0.29, 0.717) is 0 Å². The fourth-order valence-corrected chi connectivity index (χ4v) is 2.96. The number of hydrogen-bond donors (Lipinski definition) is 1. The first-order valence-electron chi connectivity index (χ1n) is 7.46. The highest BCUT2D eigenvalue weighted by molar-refractivity contribution is 6.30. The van der Waals surface area contributed by atoms with Crippen LogP contribution in [0.25, 0.3) is 6.08 Å². The second-order valence-corrected chi connectivity index (χ2v) is 5.82. The summed E-state index contributed by atoms with van der Waals surface area (Å²) in [5, 5.41) is 4.29. The predicted molar refractivity (Wildman–Crippen MR) is 84.5 cm³/mol. The molecule has 1 aromatic rings. The Morgan fingerprint density at radius 2 is 1.89 bits per heavy atom. The minimum absolute atomic E-state index is 0.767. The number of rotatable bonds is 5. The molecule has 1 aliphatic rings. The molecular weight excluding hydrogens is 254 g/mol. The lowest BCUT2D eigenvalue weighted by Crippen LogP contribution is -2.22. The van der Waals surface area contributed by atoms with E-state index in [1.54, 1.807) is 5.57 Å². The normalized spacial score (nSPS) is 17.7. The summed E-state index contributed by atoms with van der Waals surface area (Å²) in [6.07, 6.45) is 9.24. The van der Waals surface area contributed by atoms with Gasteiger partial charge in [-0.25, -0.2) is 0 Å². The summed E-state index contributed by atoms with van der Waals surface area (Å²) in [4.78, 5) is 0. The number of halogens is 1. The molecule has 0 spiro atoms. The van der Waals surface area contributed by atoms with Gasteiger partial charge in [0.05, 0.1) is 0 Å². The molecule has 2 rings (SSSR count). The van der Waals surface area contributed by atoms with Crippen molar-refractivity contribution in [1.29, 1.82) is 0 Å². The van der Waals surface area contributed by atoms with Gasteiger partial charge in [0.15, 0.2) is 0 Å². The maximum absolute atomic E-state index is 5.95. The molecule has 1 aliphatic carbocycles. The molecular formula is C17H24ClN. The molecule has 0 aromatic heterocycles. The Morgan fingerprint density at radius 3 is 2.53 bits per heavy atom. The second-order valence-electron chi connectivity index (χ2n) is 5.39. The van der Waals surface area contributed by atoms with Crippen molar-refractivity contribution in [2.75, 3.05) is 13.1 Å². The molecule has 0 saturated heterocycles. The molecule has 0 unspecified atom stereocenters. The lowest BCUT2D eigenvalue weighted by atomic mass is 9.83. The minimum Gasteiger partial charge on any atom is -0.313 e. The van der Waals surface area contributed by atoms with E-state index in [9.17, 15) is 0 Å². The van der Waals surface area contributed by atoms with E-state index in [4.69, 9.17) is 11.6 Å². The van der Waals surface area contributed by atoms with E-state index < -0.39 is 0 Å². The Morgan fingerprint density at radius 1 is 1.21 bits per heavy atom. The molecule has 0 aliphatic heterocycles. The Hall–Kier alpha value is -0.790. The molecule has 1 saturated carbocycles. The largest absolute Gasteiger partial charge is 0.313 e. The lowest BCUT2D eigenvalue weighted by molar-refractivity contribution is 0.397. The zero-order valence-electron chi connectivity index (χ0n) is 11.8. The van der Waals surface area contributed by atoms with E-state index in [2.05, 4.69) is 30.4 Å². The first-order chi connectivity index (χ1) is 9.29. The number of hydrogen-bond acceptors (Lipinski definition) is 1. The smallest absolute Gasteiger partial charge is 0.0406 e. The van der Waals surface area contributed by atoms with Crippen LogP contribution in [0.2, 0.25) is 5.02 Å². The highest BCUT2D eigenvalue weighted by atomic mass is 35.5. The van der Waals surface area contributed by atoms with E-state index >= 15 is 0 Å². The van der Waals surface area contributed by atoms with Crippen LogP contribution >= 0.6 is 11.6 Å².